The molecule has 14 nitrogen and oxygen atoms in total. The van der Waals surface area contributed by atoms with Crippen LogP contribution in [0.5, 0.6) is 11.5 Å². The molecule has 2 aliphatic rings. The second kappa shape index (κ2) is 26.5. The van der Waals surface area contributed by atoms with Crippen LogP contribution in [0, 0.1) is 58.2 Å². The van der Waals surface area contributed by atoms with Gasteiger partial charge in [-0.05, 0) is 107 Å². The van der Waals surface area contributed by atoms with E-state index in [9.17, 15) is 36.8 Å². The molecule has 18 heteroatoms. The van der Waals surface area contributed by atoms with Gasteiger partial charge in [0.25, 0.3) is 11.8 Å². The second-order valence-electron chi connectivity index (χ2n) is 13.4. The van der Waals surface area contributed by atoms with Gasteiger partial charge in [0.15, 0.2) is 9.84 Å². The van der Waals surface area contributed by atoms with Crippen LogP contribution >= 0.6 is 24.8 Å². The number of sulfone groups is 1. The van der Waals surface area contributed by atoms with E-state index < -0.39 is 42.8 Å². The van der Waals surface area contributed by atoms with Crippen molar-refractivity contribution < 1.29 is 46.3 Å². The van der Waals surface area contributed by atoms with Crippen molar-refractivity contribution in [1.29, 1.82) is 0 Å². The fraction of sp³-hybridized carbons (Fsp3) is 0.452. The Kier molecular flexibility index (Phi) is 23.5. The lowest BCUT2D eigenvalue weighted by Gasteiger charge is -2.39. The van der Waals surface area contributed by atoms with Crippen molar-refractivity contribution in [3.8, 4) is 58.9 Å². The summed E-state index contributed by atoms with van der Waals surface area (Å²) < 4.78 is 61.2. The summed E-state index contributed by atoms with van der Waals surface area (Å²) in [6, 6.07) is 12.5. The van der Waals surface area contributed by atoms with Crippen LogP contribution in [0.25, 0.3) is 0 Å². The molecule has 60 heavy (non-hydrogen) atoms. The average Bonchev–Trinajstić information content (AvgIpc) is 3.23. The fourth-order valence-corrected chi connectivity index (χ4v) is 9.45. The number of hydrogen-bond donors (Lipinski definition) is 4. The highest BCUT2D eigenvalue weighted by Crippen LogP contribution is 2.37. The molecule has 2 aromatic rings. The van der Waals surface area contributed by atoms with E-state index in [0.29, 0.717) is 69.2 Å². The number of nitrogens with one attached hydrogen (secondary N) is 2. The van der Waals surface area contributed by atoms with Gasteiger partial charge in [-0.25, -0.2) is 19.4 Å². The Morgan fingerprint density at radius 3 is 1.50 bits per heavy atom. The van der Waals surface area contributed by atoms with Gasteiger partial charge in [0, 0.05) is 26.2 Å². The Hall–Kier alpha value is -4.72. The predicted octanol–water partition coefficient (Wildman–Crippen LogP) is 3.42. The molecule has 2 heterocycles. The summed E-state index contributed by atoms with van der Waals surface area (Å²) in [4.78, 5) is 29.2. The lowest BCUT2D eigenvalue weighted by Crippen LogP contribution is -2.53. The molecule has 2 aliphatic heterocycles. The van der Waals surface area contributed by atoms with Crippen LogP contribution in [0.15, 0.2) is 53.4 Å². The number of piperidine rings is 2. The number of likely N-dealkylation sites (tertiary alicyclic amines) is 2. The number of ether oxygens (including phenoxy) is 2. The van der Waals surface area contributed by atoms with Gasteiger partial charge in [-0.15, -0.1) is 48.5 Å². The van der Waals surface area contributed by atoms with Crippen LogP contribution in [0.1, 0.15) is 58.9 Å². The first-order valence-electron chi connectivity index (χ1n) is 18.4. The minimum atomic E-state index is -3.75. The van der Waals surface area contributed by atoms with Gasteiger partial charge >= 0.3 is 0 Å². The van der Waals surface area contributed by atoms with E-state index in [1.165, 1.54) is 12.1 Å². The first-order valence-corrected chi connectivity index (χ1v) is 21.2. The van der Waals surface area contributed by atoms with E-state index >= 15 is 0 Å². The molecule has 0 radical (unpaired) electrons. The first kappa shape index (κ1) is 53.3. The van der Waals surface area contributed by atoms with Crippen molar-refractivity contribution in [3.05, 3.63) is 54.1 Å². The van der Waals surface area contributed by atoms with Gasteiger partial charge in [0.05, 0.1) is 39.4 Å². The van der Waals surface area contributed by atoms with E-state index in [2.05, 4.69) is 57.2 Å². The lowest BCUT2D eigenvalue weighted by molar-refractivity contribution is -0.141. The highest BCUT2D eigenvalue weighted by Gasteiger charge is 2.47. The normalized spacial score (nSPS) is 15.0. The molecule has 4 rings (SSSR count). The van der Waals surface area contributed by atoms with Crippen LogP contribution in [-0.4, -0.2) is 112 Å². The second-order valence-corrected chi connectivity index (χ2v) is 16.3. The van der Waals surface area contributed by atoms with Crippen molar-refractivity contribution in [2.75, 3.05) is 58.2 Å². The molecule has 0 atom stereocenters. The Balaban J connectivity index is 0.000000581. The number of carbonyl (C=O) groups is 2. The van der Waals surface area contributed by atoms with E-state index in [4.69, 9.17) is 9.47 Å². The van der Waals surface area contributed by atoms with Gasteiger partial charge in [-0.2, -0.15) is 8.42 Å². The quantitative estimate of drug-likeness (QED) is 0.0755. The Morgan fingerprint density at radius 2 is 1.10 bits per heavy atom. The van der Waals surface area contributed by atoms with Crippen molar-refractivity contribution in [2.45, 2.75) is 58.3 Å². The van der Waals surface area contributed by atoms with E-state index in [0.717, 1.165) is 0 Å². The molecule has 326 valence electrons. The van der Waals surface area contributed by atoms with Gasteiger partial charge < -0.3 is 9.47 Å². The third-order valence-electron chi connectivity index (χ3n) is 9.94. The van der Waals surface area contributed by atoms with Crippen LogP contribution in [-0.2, 0) is 29.7 Å². The summed E-state index contributed by atoms with van der Waals surface area (Å²) in [6.07, 6.45) is 1.14. The highest BCUT2D eigenvalue weighted by atomic mass is 35.5. The van der Waals surface area contributed by atoms with Crippen LogP contribution in [0.4, 0.5) is 0 Å². The molecule has 2 amide bonds. The van der Waals surface area contributed by atoms with E-state index in [-0.39, 0.29) is 66.4 Å². The number of amides is 2. The number of benzene rings is 2. The summed E-state index contributed by atoms with van der Waals surface area (Å²) in [5.41, 5.74) is 1.18. The van der Waals surface area contributed by atoms with Crippen molar-refractivity contribution in [3.63, 3.8) is 0 Å². The minimum absolute atomic E-state index is 0. The zero-order chi connectivity index (χ0) is 42.6. The maximum Gasteiger partial charge on any atom is 0.255 e. The first-order chi connectivity index (χ1) is 27.8. The fourth-order valence-electron chi connectivity index (χ4n) is 6.64. The standard InChI is InChI=1S/C21H26N2O5S.C21H24N2O5S.2ClH/c1-3-5-13-23-14-11-21(12-15-23,20(24)22-25)17-29(26,27)19-9-7-18(8-10-19)28-16-6-4-2;1-3-5-13-23-14-11-21(12-15-23,20(24)22-25)19(29(26)27)17-7-9-18(10-8-17)28-16-6-4-2;;/h7-10,25H,11-17H2,1-2H3,(H,22,24);7-10,25H,11-16H2,1-2H3,(H,22,24);2*1H. The van der Waals surface area contributed by atoms with Gasteiger partial charge in [0.1, 0.15) is 24.7 Å². The molecule has 0 bridgehead atoms. The van der Waals surface area contributed by atoms with Gasteiger partial charge in [-0.1, -0.05) is 23.7 Å². The van der Waals surface area contributed by atoms with Crippen molar-refractivity contribution in [2.24, 2.45) is 10.8 Å². The maximum absolute atomic E-state index is 13.0. The lowest BCUT2D eigenvalue weighted by atomic mass is 9.73. The smallest absolute Gasteiger partial charge is 0.255 e. The Bertz CT molecular complexity index is 2240. The average molecular weight is 908 g/mol. The number of carbonyl (C=O) groups excluding carboxylic acids is 2. The molecular weight excluding hydrogens is 856 g/mol. The van der Waals surface area contributed by atoms with E-state index in [1.54, 1.807) is 75.1 Å². The SMILES string of the molecule is CC#CCOc1ccc(C(=S(=O)=O)C2(C(=O)NO)CCN(CC#CC)CC2)cc1.CC#CCOc1ccc(S(=O)(=O)CC2(C(=O)NO)CCN(CC#CC)CC2)cc1.Cl.Cl. The molecule has 0 unspecified atom stereocenters. The summed E-state index contributed by atoms with van der Waals surface area (Å²) in [7, 11) is -6.41. The van der Waals surface area contributed by atoms with Crippen LogP contribution < -0.4 is 20.4 Å². The number of rotatable bonds is 13. The largest absolute Gasteiger partial charge is 0.481 e. The summed E-state index contributed by atoms with van der Waals surface area (Å²) in [5.74, 6) is 21.9. The summed E-state index contributed by atoms with van der Waals surface area (Å²) >= 11 is 0. The predicted molar refractivity (Wildman–Crippen MR) is 233 cm³/mol. The molecule has 2 saturated heterocycles. The number of halogens is 2. The molecular formula is C42H52Cl2N4O10S2. The van der Waals surface area contributed by atoms with Crippen molar-refractivity contribution >= 4 is 61.6 Å². The number of hydroxylamine groups is 2. The molecule has 2 aromatic carbocycles. The summed E-state index contributed by atoms with van der Waals surface area (Å²) in [6.45, 7) is 10.5. The molecule has 0 spiro atoms. The Labute approximate surface area is 367 Å². The zero-order valence-electron chi connectivity index (χ0n) is 34.0. The van der Waals surface area contributed by atoms with E-state index in [1.807, 2.05) is 0 Å². The third-order valence-corrected chi connectivity index (χ3v) is 12.8. The molecule has 4 N–H and O–H groups in total. The molecule has 2 fully saturated rings. The topological polar surface area (TPSA) is 192 Å². The third kappa shape index (κ3) is 14.8. The number of hydrogen-bond acceptors (Lipinski definition) is 12. The maximum atomic E-state index is 13.0. The minimum Gasteiger partial charge on any atom is -0.481 e. The zero-order valence-corrected chi connectivity index (χ0v) is 37.3. The van der Waals surface area contributed by atoms with Gasteiger partial charge in [0.2, 0.25) is 10.3 Å². The molecule has 0 saturated carbocycles. The van der Waals surface area contributed by atoms with Crippen LogP contribution in [0.3, 0.4) is 0 Å². The Morgan fingerprint density at radius 1 is 0.683 bits per heavy atom. The molecule has 0 aromatic heterocycles. The monoisotopic (exact) mass is 906 g/mol. The highest BCUT2D eigenvalue weighted by molar-refractivity contribution is 7.91. The summed E-state index contributed by atoms with van der Waals surface area (Å²) in [5, 5.41) is 18.5. The number of nitrogens with zero attached hydrogens (tertiary/aromatic N) is 2. The van der Waals surface area contributed by atoms with Crippen molar-refractivity contribution in [1.82, 2.24) is 20.8 Å². The van der Waals surface area contributed by atoms with Gasteiger partial charge in [-0.3, -0.25) is 29.8 Å². The van der Waals surface area contributed by atoms with Crippen LogP contribution in [0.2, 0.25) is 0 Å². The molecule has 0 aliphatic carbocycles.